The number of fused-ring (bicyclic) bond motifs is 1. The molecule has 0 bridgehead atoms. The van der Waals surface area contributed by atoms with Crippen molar-refractivity contribution >= 4 is 28.8 Å². The minimum atomic E-state index is -0.0939. The molecule has 0 radical (unpaired) electrons. The number of benzene rings is 3. The number of phenols is 1. The van der Waals surface area contributed by atoms with Crippen LogP contribution in [0.3, 0.4) is 0 Å². The van der Waals surface area contributed by atoms with Gasteiger partial charge in [0.05, 0.1) is 27.8 Å². The van der Waals surface area contributed by atoms with E-state index in [1.54, 1.807) is 19.2 Å². The first-order valence-electron chi connectivity index (χ1n) is 10.9. The average Bonchev–Trinajstić information content (AvgIpc) is 3.10. The van der Waals surface area contributed by atoms with Gasteiger partial charge in [-0.3, -0.25) is 4.79 Å². The van der Waals surface area contributed by atoms with E-state index in [4.69, 9.17) is 14.2 Å². The number of para-hydroxylation sites is 1. The Balaban J connectivity index is 1.76. The third-order valence-electron chi connectivity index (χ3n) is 5.91. The highest BCUT2D eigenvalue weighted by atomic mass is 16.5. The Hall–Kier alpha value is -4.19. The van der Waals surface area contributed by atoms with E-state index in [0.29, 0.717) is 11.5 Å². The lowest BCUT2D eigenvalue weighted by Gasteiger charge is -2.11. The van der Waals surface area contributed by atoms with Crippen LogP contribution in [-0.2, 0) is 4.79 Å². The number of ether oxygens (including phenoxy) is 3. The van der Waals surface area contributed by atoms with Crippen LogP contribution in [0, 0.1) is 0 Å². The summed E-state index contributed by atoms with van der Waals surface area (Å²) in [5.74, 6) is 1.23. The number of allylic oxidation sites excluding steroid dienone is 2. The summed E-state index contributed by atoms with van der Waals surface area (Å²) in [6.45, 7) is 2.01. The molecule has 6 nitrogen and oxygen atoms in total. The largest absolute Gasteiger partial charge is 0.502 e. The molecule has 0 unspecified atom stereocenters. The highest BCUT2D eigenvalue weighted by molar-refractivity contribution is 6.10. The van der Waals surface area contributed by atoms with Crippen molar-refractivity contribution in [2.24, 2.45) is 0 Å². The number of phenolic OH excluding ortho intramolecular Hbond substituents is 1. The topological polar surface area (TPSA) is 77.0 Å². The Labute approximate surface area is 199 Å². The van der Waals surface area contributed by atoms with E-state index in [9.17, 15) is 9.90 Å². The van der Waals surface area contributed by atoms with Crippen molar-refractivity contribution in [2.75, 3.05) is 26.6 Å². The highest BCUT2D eigenvalue weighted by Crippen LogP contribution is 2.46. The van der Waals surface area contributed by atoms with Gasteiger partial charge in [0.15, 0.2) is 11.5 Å². The van der Waals surface area contributed by atoms with E-state index in [-0.39, 0.29) is 18.1 Å². The summed E-state index contributed by atoms with van der Waals surface area (Å²) in [4.78, 5) is 12.9. The Morgan fingerprint density at radius 1 is 0.912 bits per heavy atom. The van der Waals surface area contributed by atoms with Gasteiger partial charge in [0, 0.05) is 5.69 Å². The van der Waals surface area contributed by atoms with Crippen molar-refractivity contribution in [1.82, 2.24) is 0 Å². The Kier molecular flexibility index (Phi) is 6.59. The summed E-state index contributed by atoms with van der Waals surface area (Å²) in [5, 5.41) is 13.2. The quantitative estimate of drug-likeness (QED) is 0.471. The number of hydrogen-bond acceptors (Lipinski definition) is 5. The number of carbonyl (C=O) groups is 1. The lowest BCUT2D eigenvalue weighted by atomic mass is 10.00. The molecule has 0 spiro atoms. The van der Waals surface area contributed by atoms with Crippen LogP contribution in [0.25, 0.3) is 17.2 Å². The second kappa shape index (κ2) is 9.75. The molecule has 3 aromatic carbocycles. The number of aromatic hydroxyl groups is 1. The molecular weight excluding hydrogens is 430 g/mol. The molecular formula is C28H27NO5. The zero-order chi connectivity index (χ0) is 24.2. The van der Waals surface area contributed by atoms with E-state index in [2.05, 4.69) is 5.32 Å². The van der Waals surface area contributed by atoms with Gasteiger partial charge in [-0.2, -0.15) is 0 Å². The maximum atomic E-state index is 12.9. The predicted octanol–water partition coefficient (Wildman–Crippen LogP) is 5.77. The van der Waals surface area contributed by atoms with Crippen molar-refractivity contribution in [3.8, 4) is 23.0 Å². The van der Waals surface area contributed by atoms with E-state index in [0.717, 1.165) is 44.8 Å². The molecule has 4 rings (SSSR count). The average molecular weight is 458 g/mol. The van der Waals surface area contributed by atoms with Gasteiger partial charge < -0.3 is 24.6 Å². The van der Waals surface area contributed by atoms with Crippen LogP contribution in [-0.4, -0.2) is 32.3 Å². The smallest absolute Gasteiger partial charge is 0.228 e. The van der Waals surface area contributed by atoms with Crippen molar-refractivity contribution in [2.45, 2.75) is 13.3 Å². The van der Waals surface area contributed by atoms with Gasteiger partial charge in [0.25, 0.3) is 0 Å². The lowest BCUT2D eigenvalue weighted by molar-refractivity contribution is -0.115. The molecule has 0 heterocycles. The van der Waals surface area contributed by atoms with Crippen LogP contribution < -0.4 is 19.5 Å². The van der Waals surface area contributed by atoms with Crippen LogP contribution in [0.5, 0.6) is 23.0 Å². The van der Waals surface area contributed by atoms with Gasteiger partial charge in [-0.05, 0) is 82.8 Å². The highest BCUT2D eigenvalue weighted by Gasteiger charge is 2.26. The monoisotopic (exact) mass is 457 g/mol. The van der Waals surface area contributed by atoms with E-state index < -0.39 is 0 Å². The number of carbonyl (C=O) groups excluding carboxylic acids is 1. The molecule has 1 amide bonds. The van der Waals surface area contributed by atoms with Gasteiger partial charge in [0.1, 0.15) is 5.75 Å². The normalized spacial score (nSPS) is 13.6. The molecule has 174 valence electrons. The molecule has 0 aliphatic heterocycles. The van der Waals surface area contributed by atoms with Gasteiger partial charge in [0.2, 0.25) is 11.7 Å². The third kappa shape index (κ3) is 4.48. The summed E-state index contributed by atoms with van der Waals surface area (Å²) >= 11 is 0. The molecule has 0 fully saturated rings. The van der Waals surface area contributed by atoms with Crippen LogP contribution in [0.2, 0.25) is 0 Å². The lowest BCUT2D eigenvalue weighted by Crippen LogP contribution is -2.11. The summed E-state index contributed by atoms with van der Waals surface area (Å²) < 4.78 is 16.1. The number of nitrogens with one attached hydrogen (secondary N) is 1. The summed E-state index contributed by atoms with van der Waals surface area (Å²) in [7, 11) is 4.62. The molecule has 0 saturated heterocycles. The van der Waals surface area contributed by atoms with Gasteiger partial charge in [-0.25, -0.2) is 0 Å². The molecule has 0 atom stereocenters. The Bertz CT molecular complexity index is 1270. The fraction of sp³-hybridized carbons (Fsp3) is 0.179. The minimum absolute atomic E-state index is 0.0470. The van der Waals surface area contributed by atoms with Crippen molar-refractivity contribution in [1.29, 1.82) is 0 Å². The fourth-order valence-corrected chi connectivity index (χ4v) is 4.17. The second-order valence-corrected chi connectivity index (χ2v) is 7.94. The number of hydrogen-bond donors (Lipinski definition) is 2. The zero-order valence-electron chi connectivity index (χ0n) is 19.6. The maximum absolute atomic E-state index is 12.9. The first-order chi connectivity index (χ1) is 16.4. The summed E-state index contributed by atoms with van der Waals surface area (Å²) in [6.07, 6.45) is 2.23. The number of anilines is 1. The molecule has 1 aliphatic rings. The molecule has 6 heteroatoms. The Morgan fingerprint density at radius 3 is 2.21 bits per heavy atom. The van der Waals surface area contributed by atoms with Crippen LogP contribution in [0.1, 0.15) is 30.0 Å². The number of amides is 1. The zero-order valence-corrected chi connectivity index (χ0v) is 19.6. The first kappa shape index (κ1) is 23.0. The standard InChI is InChI=1S/C28H27NO5/c1-17-22(12-18-13-25(33-3)28(31)26(14-18)34-4)21-11-10-20(32-2)15-24(21)23(17)16-27(30)29-19-8-6-5-7-9-19/h5-15,31H,16H2,1-4H3,(H,29,30). The van der Waals surface area contributed by atoms with Gasteiger partial charge >= 0.3 is 0 Å². The van der Waals surface area contributed by atoms with Crippen LogP contribution in [0.4, 0.5) is 5.69 Å². The van der Waals surface area contributed by atoms with Crippen molar-refractivity contribution in [3.63, 3.8) is 0 Å². The summed E-state index contributed by atoms with van der Waals surface area (Å²) in [5.41, 5.74) is 6.45. The maximum Gasteiger partial charge on any atom is 0.228 e. The SMILES string of the molecule is COc1ccc2c(c1)C(CC(=O)Nc1ccccc1)=C(C)C2=Cc1cc(OC)c(O)c(OC)c1. The molecule has 0 aromatic heterocycles. The fourth-order valence-electron chi connectivity index (χ4n) is 4.17. The van der Waals surface area contributed by atoms with Gasteiger partial charge in [-0.1, -0.05) is 24.3 Å². The summed E-state index contributed by atoms with van der Waals surface area (Å²) in [6, 6.07) is 18.8. The third-order valence-corrected chi connectivity index (χ3v) is 5.91. The molecule has 1 aliphatic carbocycles. The van der Waals surface area contributed by atoms with Gasteiger partial charge in [-0.15, -0.1) is 0 Å². The van der Waals surface area contributed by atoms with Crippen molar-refractivity contribution < 1.29 is 24.1 Å². The predicted molar refractivity (Wildman–Crippen MR) is 134 cm³/mol. The number of rotatable bonds is 7. The first-order valence-corrected chi connectivity index (χ1v) is 10.9. The van der Waals surface area contributed by atoms with Crippen molar-refractivity contribution in [3.05, 3.63) is 82.9 Å². The Morgan fingerprint density at radius 2 is 1.59 bits per heavy atom. The number of methoxy groups -OCH3 is 3. The van der Waals surface area contributed by atoms with E-state index in [1.165, 1.54) is 14.2 Å². The van der Waals surface area contributed by atoms with E-state index in [1.807, 2.05) is 61.5 Å². The molecule has 34 heavy (non-hydrogen) atoms. The minimum Gasteiger partial charge on any atom is -0.502 e. The van der Waals surface area contributed by atoms with Crippen LogP contribution >= 0.6 is 0 Å². The molecule has 3 aromatic rings. The van der Waals surface area contributed by atoms with Crippen LogP contribution in [0.15, 0.2) is 66.2 Å². The second-order valence-electron chi connectivity index (χ2n) is 7.94. The molecule has 2 N–H and O–H groups in total. The van der Waals surface area contributed by atoms with E-state index >= 15 is 0 Å². The molecule has 0 saturated carbocycles.